The van der Waals surface area contributed by atoms with Crippen LogP contribution in [0, 0.1) is 17.8 Å². The van der Waals surface area contributed by atoms with Crippen molar-refractivity contribution in [2.45, 2.75) is 77.0 Å². The fourth-order valence-corrected chi connectivity index (χ4v) is 6.41. The van der Waals surface area contributed by atoms with Crippen molar-refractivity contribution >= 4 is 10.0 Å². The van der Waals surface area contributed by atoms with Gasteiger partial charge in [-0.05, 0) is 65.0 Å². The summed E-state index contributed by atoms with van der Waals surface area (Å²) in [7, 11) is -3.53. The Hall–Kier alpha value is -1.13. The summed E-state index contributed by atoms with van der Waals surface area (Å²) in [6.07, 6.45) is 6.89. The van der Waals surface area contributed by atoms with Gasteiger partial charge in [-0.15, -0.1) is 0 Å². The molecule has 2 aliphatic carbocycles. The van der Waals surface area contributed by atoms with Gasteiger partial charge in [-0.3, -0.25) is 0 Å². The van der Waals surface area contributed by atoms with Crippen molar-refractivity contribution in [2.75, 3.05) is 6.54 Å². The molecule has 0 heterocycles. The molecule has 1 fully saturated rings. The lowest BCUT2D eigenvalue weighted by Gasteiger charge is -2.24. The molecule has 0 aromatic heterocycles. The molecule has 3 nitrogen and oxygen atoms in total. The molecule has 3 atom stereocenters. The average molecular weight is 390 g/mol. The van der Waals surface area contributed by atoms with E-state index in [1.54, 1.807) is 0 Å². The van der Waals surface area contributed by atoms with E-state index in [1.807, 2.05) is 0 Å². The fraction of sp³-hybridized carbons (Fsp3) is 0.652. The van der Waals surface area contributed by atoms with Crippen molar-refractivity contribution in [1.29, 1.82) is 0 Å². The highest BCUT2D eigenvalue weighted by atomic mass is 32.2. The number of benzene rings is 1. The second-order valence-corrected chi connectivity index (χ2v) is 11.1. The van der Waals surface area contributed by atoms with Crippen LogP contribution >= 0.6 is 0 Å². The normalized spacial score (nSPS) is 24.7. The van der Waals surface area contributed by atoms with E-state index >= 15 is 0 Å². The van der Waals surface area contributed by atoms with E-state index in [2.05, 4.69) is 70.5 Å². The molecule has 3 rings (SSSR count). The highest BCUT2D eigenvalue weighted by molar-refractivity contribution is 7.89. The van der Waals surface area contributed by atoms with Crippen molar-refractivity contribution in [3.05, 3.63) is 41.0 Å². The molecule has 27 heavy (non-hydrogen) atoms. The molecular formula is C23H35NO2S. The summed E-state index contributed by atoms with van der Waals surface area (Å²) in [5, 5.41) is 0. The predicted octanol–water partition coefficient (Wildman–Crippen LogP) is 5.55. The first kappa shape index (κ1) is 20.6. The van der Waals surface area contributed by atoms with E-state index in [4.69, 9.17) is 0 Å². The van der Waals surface area contributed by atoms with Gasteiger partial charge in [0.2, 0.25) is 10.0 Å². The van der Waals surface area contributed by atoms with Crippen LogP contribution in [0.4, 0.5) is 0 Å². The first-order valence-corrected chi connectivity index (χ1v) is 11.9. The number of sulfonamides is 1. The molecule has 0 amide bonds. The van der Waals surface area contributed by atoms with Gasteiger partial charge in [-0.2, -0.15) is 0 Å². The molecule has 2 bridgehead atoms. The summed E-state index contributed by atoms with van der Waals surface area (Å²) < 4.78 is 29.8. The van der Waals surface area contributed by atoms with Gasteiger partial charge in [0, 0.05) is 6.54 Å². The van der Waals surface area contributed by atoms with Gasteiger partial charge >= 0.3 is 0 Å². The molecule has 1 aromatic rings. The van der Waals surface area contributed by atoms with Crippen LogP contribution in [0.3, 0.4) is 0 Å². The van der Waals surface area contributed by atoms with Gasteiger partial charge in [0.1, 0.15) is 0 Å². The van der Waals surface area contributed by atoms with Crippen LogP contribution in [-0.2, 0) is 10.0 Å². The number of allylic oxidation sites excluding steroid dienone is 2. The zero-order valence-corrected chi connectivity index (χ0v) is 18.4. The maximum absolute atomic E-state index is 13.4. The van der Waals surface area contributed by atoms with Gasteiger partial charge in [-0.25, -0.2) is 13.1 Å². The summed E-state index contributed by atoms with van der Waals surface area (Å²) in [6, 6.07) is 4.21. The van der Waals surface area contributed by atoms with Crippen LogP contribution < -0.4 is 4.72 Å². The van der Waals surface area contributed by atoms with Crippen molar-refractivity contribution < 1.29 is 8.42 Å². The zero-order valence-electron chi connectivity index (χ0n) is 17.6. The van der Waals surface area contributed by atoms with Gasteiger partial charge in [0.25, 0.3) is 0 Å². The van der Waals surface area contributed by atoms with Crippen molar-refractivity contribution in [2.24, 2.45) is 17.8 Å². The molecule has 4 heteroatoms. The highest BCUT2D eigenvalue weighted by Gasteiger charge is 2.36. The van der Waals surface area contributed by atoms with Crippen LogP contribution in [0.1, 0.15) is 88.8 Å². The first-order valence-electron chi connectivity index (χ1n) is 10.5. The molecule has 0 aliphatic heterocycles. The van der Waals surface area contributed by atoms with E-state index in [0.29, 0.717) is 35.1 Å². The second kappa shape index (κ2) is 7.71. The molecule has 0 saturated heterocycles. The Labute approximate surface area is 165 Å². The maximum atomic E-state index is 13.4. The van der Waals surface area contributed by atoms with Crippen LogP contribution in [0.5, 0.6) is 0 Å². The van der Waals surface area contributed by atoms with Crippen molar-refractivity contribution in [3.8, 4) is 0 Å². The second-order valence-electron chi connectivity index (χ2n) is 9.38. The van der Waals surface area contributed by atoms with Crippen LogP contribution in [0.2, 0.25) is 0 Å². The Bertz CT molecular complexity index is 792. The Morgan fingerprint density at radius 3 is 1.93 bits per heavy atom. The minimum absolute atomic E-state index is 0.165. The van der Waals surface area contributed by atoms with E-state index in [9.17, 15) is 8.42 Å². The van der Waals surface area contributed by atoms with Gasteiger partial charge in [-0.1, -0.05) is 65.8 Å². The summed E-state index contributed by atoms with van der Waals surface area (Å²) in [5.74, 6) is 2.36. The summed E-state index contributed by atoms with van der Waals surface area (Å²) in [4.78, 5) is 0.524. The first-order chi connectivity index (χ1) is 12.6. The Kier molecular flexibility index (Phi) is 5.88. The molecule has 150 valence electrons. The minimum atomic E-state index is -3.53. The summed E-state index contributed by atoms with van der Waals surface area (Å²) in [6.45, 7) is 13.2. The predicted molar refractivity (Wildman–Crippen MR) is 113 cm³/mol. The Balaban J connectivity index is 1.96. The Morgan fingerprint density at radius 1 is 0.926 bits per heavy atom. The quantitative estimate of drug-likeness (QED) is 0.622. The van der Waals surface area contributed by atoms with Gasteiger partial charge in [0.05, 0.1) is 4.90 Å². The van der Waals surface area contributed by atoms with Gasteiger partial charge in [0.15, 0.2) is 0 Å². The van der Waals surface area contributed by atoms with Gasteiger partial charge < -0.3 is 0 Å². The molecule has 0 unspecified atom stereocenters. The van der Waals surface area contributed by atoms with Crippen LogP contribution in [0.25, 0.3) is 0 Å². The third-order valence-electron chi connectivity index (χ3n) is 6.30. The smallest absolute Gasteiger partial charge is 0.211 e. The molecule has 1 saturated carbocycles. The monoisotopic (exact) mass is 389 g/mol. The molecule has 0 radical (unpaired) electrons. The lowest BCUT2D eigenvalue weighted by molar-refractivity contribution is 0.440. The van der Waals surface area contributed by atoms with Crippen molar-refractivity contribution in [1.82, 2.24) is 4.72 Å². The molecular weight excluding hydrogens is 354 g/mol. The largest absolute Gasteiger partial charge is 0.241 e. The topological polar surface area (TPSA) is 46.2 Å². The third-order valence-corrected chi connectivity index (χ3v) is 7.86. The molecule has 2 aliphatic rings. The standard InChI is InChI=1S/C23H35NO2S/c1-14(2)19-11-21(15(3)4)23(22(12-19)16(5)6)27(25,26)24-13-20-10-17-7-8-18(20)9-17/h7-8,11-12,14-18,20,24H,9-10,13H2,1-6H3/t17-,18+,20+/m1/s1. The summed E-state index contributed by atoms with van der Waals surface area (Å²) in [5.41, 5.74) is 3.12. The fourth-order valence-electron chi connectivity index (χ4n) is 4.62. The number of hydrogen-bond donors (Lipinski definition) is 1. The van der Waals surface area contributed by atoms with E-state index in [-0.39, 0.29) is 11.8 Å². The van der Waals surface area contributed by atoms with E-state index in [1.165, 1.54) is 12.0 Å². The number of fused-ring (bicyclic) bond motifs is 2. The third kappa shape index (κ3) is 4.17. The molecule has 0 spiro atoms. The number of nitrogens with one attached hydrogen (secondary N) is 1. The maximum Gasteiger partial charge on any atom is 0.241 e. The number of rotatable bonds is 7. The zero-order chi connectivity index (χ0) is 19.9. The SMILES string of the molecule is CC(C)c1cc(C(C)C)c(S(=O)(=O)NC[C@@H]2C[C@@H]3C=C[C@H]2C3)c(C(C)C)c1. The average Bonchev–Trinajstić information content (AvgIpc) is 3.21. The van der Waals surface area contributed by atoms with Crippen LogP contribution in [-0.4, -0.2) is 15.0 Å². The lowest BCUT2D eigenvalue weighted by atomic mass is 9.89. The number of hydrogen-bond acceptors (Lipinski definition) is 2. The highest BCUT2D eigenvalue weighted by Crippen LogP contribution is 2.43. The Morgan fingerprint density at radius 2 is 1.52 bits per heavy atom. The van der Waals surface area contributed by atoms with E-state index < -0.39 is 10.0 Å². The minimum Gasteiger partial charge on any atom is -0.211 e. The molecule has 1 N–H and O–H groups in total. The lowest BCUT2D eigenvalue weighted by Crippen LogP contribution is -2.32. The summed E-state index contributed by atoms with van der Waals surface area (Å²) >= 11 is 0. The van der Waals surface area contributed by atoms with Crippen LogP contribution in [0.15, 0.2) is 29.2 Å². The molecule has 1 aromatic carbocycles. The van der Waals surface area contributed by atoms with E-state index in [0.717, 1.165) is 17.5 Å². The van der Waals surface area contributed by atoms with Crippen molar-refractivity contribution in [3.63, 3.8) is 0 Å².